The van der Waals surface area contributed by atoms with E-state index >= 15 is 0 Å². The molecule has 1 aromatic carbocycles. The Hall–Kier alpha value is -1.88. The molecule has 4 nitrogen and oxygen atoms in total. The first kappa shape index (κ1) is 14.5. The molecule has 0 atom stereocenters. The Balaban J connectivity index is 2.17. The van der Waals surface area contributed by atoms with Gasteiger partial charge in [0.1, 0.15) is 6.54 Å². The number of likely N-dealkylation sites (N-methyl/N-ethyl adjacent to an activating group) is 1. The van der Waals surface area contributed by atoms with Gasteiger partial charge in [-0.25, -0.2) is 0 Å². The molecule has 1 aromatic heterocycles. The highest BCUT2D eigenvalue weighted by molar-refractivity contribution is 7.20. The second kappa shape index (κ2) is 6.52. The maximum atomic E-state index is 12.4. The van der Waals surface area contributed by atoms with Crippen molar-refractivity contribution in [1.29, 1.82) is 0 Å². The predicted molar refractivity (Wildman–Crippen MR) is 80.0 cm³/mol. The first-order valence-corrected chi connectivity index (χ1v) is 7.40. The van der Waals surface area contributed by atoms with Crippen LogP contribution in [0.15, 0.2) is 30.3 Å². The van der Waals surface area contributed by atoms with E-state index in [-0.39, 0.29) is 18.4 Å². The van der Waals surface area contributed by atoms with Crippen LogP contribution in [0.2, 0.25) is 0 Å². The summed E-state index contributed by atoms with van der Waals surface area (Å²) in [4.78, 5) is 26.1. The van der Waals surface area contributed by atoms with Crippen molar-refractivity contribution < 1.29 is 14.3 Å². The van der Waals surface area contributed by atoms with E-state index in [2.05, 4.69) is 0 Å². The Morgan fingerprint density at radius 1 is 1.25 bits per heavy atom. The lowest BCUT2D eigenvalue weighted by Gasteiger charge is -2.18. The van der Waals surface area contributed by atoms with Gasteiger partial charge in [0.05, 0.1) is 11.5 Å². The zero-order chi connectivity index (χ0) is 14.5. The predicted octanol–water partition coefficient (Wildman–Crippen LogP) is 2.93. The number of nitrogens with zero attached hydrogens (tertiary/aromatic N) is 1. The first-order chi connectivity index (χ1) is 9.65. The molecule has 1 amide bonds. The highest BCUT2D eigenvalue weighted by Gasteiger charge is 2.19. The van der Waals surface area contributed by atoms with Gasteiger partial charge in [-0.15, -0.1) is 11.3 Å². The number of benzene rings is 1. The molecule has 0 fully saturated rings. The molecule has 2 aromatic rings. The quantitative estimate of drug-likeness (QED) is 0.796. The maximum Gasteiger partial charge on any atom is 0.325 e. The van der Waals surface area contributed by atoms with Gasteiger partial charge in [0, 0.05) is 11.2 Å². The van der Waals surface area contributed by atoms with Crippen molar-refractivity contribution in [2.75, 3.05) is 19.7 Å². The standard InChI is InChI=1S/C15H17NO3S/c1-3-16(10-14(17)19-4-2)15(18)13-9-11-7-5-6-8-12(11)20-13/h5-9H,3-4,10H2,1-2H3. The van der Waals surface area contributed by atoms with Crippen molar-refractivity contribution in [3.05, 3.63) is 35.2 Å². The van der Waals surface area contributed by atoms with Gasteiger partial charge < -0.3 is 9.64 Å². The van der Waals surface area contributed by atoms with Crippen LogP contribution in [0.25, 0.3) is 10.1 Å². The average Bonchev–Trinajstić information content (AvgIpc) is 2.88. The van der Waals surface area contributed by atoms with E-state index in [1.54, 1.807) is 6.92 Å². The van der Waals surface area contributed by atoms with Gasteiger partial charge in [-0.2, -0.15) is 0 Å². The van der Waals surface area contributed by atoms with Crippen molar-refractivity contribution in [3.8, 4) is 0 Å². The fourth-order valence-electron chi connectivity index (χ4n) is 1.93. The Bertz CT molecular complexity index is 587. The number of ether oxygens (including phenoxy) is 1. The number of carbonyl (C=O) groups is 2. The van der Waals surface area contributed by atoms with E-state index in [1.165, 1.54) is 16.2 Å². The maximum absolute atomic E-state index is 12.4. The van der Waals surface area contributed by atoms with Gasteiger partial charge in [-0.05, 0) is 31.4 Å². The van der Waals surface area contributed by atoms with Crippen molar-refractivity contribution in [2.24, 2.45) is 0 Å². The fraction of sp³-hybridized carbons (Fsp3) is 0.333. The van der Waals surface area contributed by atoms with Crippen LogP contribution in [0.3, 0.4) is 0 Å². The summed E-state index contributed by atoms with van der Waals surface area (Å²) in [6.07, 6.45) is 0. The number of fused-ring (bicyclic) bond motifs is 1. The number of thiophene rings is 1. The zero-order valence-corrected chi connectivity index (χ0v) is 12.4. The zero-order valence-electron chi connectivity index (χ0n) is 11.6. The largest absolute Gasteiger partial charge is 0.465 e. The van der Waals surface area contributed by atoms with E-state index in [0.717, 1.165) is 10.1 Å². The molecular formula is C15H17NO3S. The third-order valence-corrected chi connectivity index (χ3v) is 4.03. The minimum Gasteiger partial charge on any atom is -0.465 e. The highest BCUT2D eigenvalue weighted by atomic mass is 32.1. The molecular weight excluding hydrogens is 274 g/mol. The Labute approximate surface area is 122 Å². The van der Waals surface area contributed by atoms with Crippen molar-refractivity contribution in [2.45, 2.75) is 13.8 Å². The van der Waals surface area contributed by atoms with Gasteiger partial charge in [0.15, 0.2) is 0 Å². The van der Waals surface area contributed by atoms with Crippen LogP contribution in [-0.2, 0) is 9.53 Å². The molecule has 0 aliphatic carbocycles. The van der Waals surface area contributed by atoms with E-state index in [4.69, 9.17) is 4.74 Å². The fourth-order valence-corrected chi connectivity index (χ4v) is 2.96. The van der Waals surface area contributed by atoms with Crippen molar-refractivity contribution in [3.63, 3.8) is 0 Å². The van der Waals surface area contributed by atoms with Crippen LogP contribution in [0.4, 0.5) is 0 Å². The Kier molecular flexibility index (Phi) is 4.74. The van der Waals surface area contributed by atoms with Crippen LogP contribution in [0.1, 0.15) is 23.5 Å². The summed E-state index contributed by atoms with van der Waals surface area (Å²) in [7, 11) is 0. The Morgan fingerprint density at radius 3 is 2.65 bits per heavy atom. The summed E-state index contributed by atoms with van der Waals surface area (Å²) in [6.45, 7) is 4.41. The monoisotopic (exact) mass is 291 g/mol. The summed E-state index contributed by atoms with van der Waals surface area (Å²) in [5.41, 5.74) is 0. The van der Waals surface area contributed by atoms with Gasteiger partial charge in [0.25, 0.3) is 5.91 Å². The SMILES string of the molecule is CCOC(=O)CN(CC)C(=O)c1cc2ccccc2s1. The minimum atomic E-state index is -0.371. The number of hydrogen-bond acceptors (Lipinski definition) is 4. The molecule has 0 aliphatic heterocycles. The highest BCUT2D eigenvalue weighted by Crippen LogP contribution is 2.26. The summed E-state index contributed by atoms with van der Waals surface area (Å²) < 4.78 is 5.96. The average molecular weight is 291 g/mol. The van der Waals surface area contributed by atoms with Gasteiger partial charge in [-0.1, -0.05) is 18.2 Å². The second-order valence-corrected chi connectivity index (χ2v) is 5.36. The van der Waals surface area contributed by atoms with Gasteiger partial charge >= 0.3 is 5.97 Å². The van der Waals surface area contributed by atoms with Crippen molar-refractivity contribution in [1.82, 2.24) is 4.90 Å². The molecule has 20 heavy (non-hydrogen) atoms. The first-order valence-electron chi connectivity index (χ1n) is 6.59. The number of amides is 1. The number of carbonyl (C=O) groups excluding carboxylic acids is 2. The lowest BCUT2D eigenvalue weighted by Crippen LogP contribution is -2.35. The summed E-state index contributed by atoms with van der Waals surface area (Å²) in [6, 6.07) is 9.72. The topological polar surface area (TPSA) is 46.6 Å². The lowest BCUT2D eigenvalue weighted by molar-refractivity contribution is -0.143. The van der Waals surface area contributed by atoms with Gasteiger partial charge in [0.2, 0.25) is 0 Å². The molecule has 0 saturated carbocycles. The number of rotatable bonds is 5. The molecule has 2 rings (SSSR count). The van der Waals surface area contributed by atoms with Gasteiger partial charge in [-0.3, -0.25) is 9.59 Å². The van der Waals surface area contributed by atoms with E-state index in [0.29, 0.717) is 18.0 Å². The molecule has 0 N–H and O–H groups in total. The van der Waals surface area contributed by atoms with E-state index in [9.17, 15) is 9.59 Å². The number of hydrogen-bond donors (Lipinski definition) is 0. The van der Waals surface area contributed by atoms with Crippen LogP contribution in [0.5, 0.6) is 0 Å². The normalized spacial score (nSPS) is 10.5. The van der Waals surface area contributed by atoms with Crippen LogP contribution >= 0.6 is 11.3 Å². The summed E-state index contributed by atoms with van der Waals surface area (Å²) in [5, 5.41) is 1.05. The smallest absolute Gasteiger partial charge is 0.325 e. The molecule has 0 spiro atoms. The van der Waals surface area contributed by atoms with Crippen molar-refractivity contribution >= 4 is 33.3 Å². The molecule has 1 heterocycles. The number of esters is 1. The molecule has 106 valence electrons. The van der Waals surface area contributed by atoms with Crippen LogP contribution < -0.4 is 0 Å². The third-order valence-electron chi connectivity index (χ3n) is 2.93. The summed E-state index contributed by atoms with van der Waals surface area (Å²) >= 11 is 1.45. The van der Waals surface area contributed by atoms with E-state index < -0.39 is 0 Å². The molecule has 0 bridgehead atoms. The van der Waals surface area contributed by atoms with Crippen LogP contribution in [-0.4, -0.2) is 36.5 Å². The minimum absolute atomic E-state index is 0.00256. The van der Waals surface area contributed by atoms with E-state index in [1.807, 2.05) is 37.3 Å². The molecule has 0 saturated heterocycles. The van der Waals surface area contributed by atoms with Crippen LogP contribution in [0, 0.1) is 0 Å². The molecule has 0 radical (unpaired) electrons. The molecule has 5 heteroatoms. The lowest BCUT2D eigenvalue weighted by atomic mass is 10.2. The Morgan fingerprint density at radius 2 is 2.00 bits per heavy atom. The third kappa shape index (κ3) is 3.17. The molecule has 0 aliphatic rings. The summed E-state index contributed by atoms with van der Waals surface area (Å²) in [5.74, 6) is -0.495. The second-order valence-electron chi connectivity index (χ2n) is 4.27. The molecule has 0 unspecified atom stereocenters.